The summed E-state index contributed by atoms with van der Waals surface area (Å²) in [6, 6.07) is 2.51. The fourth-order valence-corrected chi connectivity index (χ4v) is 3.55. The van der Waals surface area contributed by atoms with Gasteiger partial charge >= 0.3 is 0 Å². The third kappa shape index (κ3) is 3.85. The van der Waals surface area contributed by atoms with E-state index in [1.807, 2.05) is 6.07 Å². The molecular formula is C15H22BrClN2. The van der Waals surface area contributed by atoms with Gasteiger partial charge in [0.05, 0.1) is 5.69 Å². The normalized spacial score (nSPS) is 24.3. The van der Waals surface area contributed by atoms with E-state index in [0.29, 0.717) is 22.5 Å². The second kappa shape index (κ2) is 6.01. The number of rotatable bonds is 2. The second-order valence-electron chi connectivity index (χ2n) is 6.50. The number of hydrogen-bond acceptors (Lipinski definition) is 2. The monoisotopic (exact) mass is 344 g/mol. The van der Waals surface area contributed by atoms with Gasteiger partial charge in [-0.05, 0) is 46.2 Å². The predicted octanol–water partition coefficient (Wildman–Crippen LogP) is 5.51. The largest absolute Gasteiger partial charge is 0.379 e. The summed E-state index contributed by atoms with van der Waals surface area (Å²) in [5, 5.41) is 4.18. The molecule has 2 rings (SSSR count). The second-order valence-corrected chi connectivity index (χ2v) is 7.77. The number of aromatic nitrogens is 1. The Balaban J connectivity index is 2.17. The van der Waals surface area contributed by atoms with E-state index in [1.54, 1.807) is 6.20 Å². The van der Waals surface area contributed by atoms with E-state index >= 15 is 0 Å². The zero-order valence-corrected chi connectivity index (χ0v) is 14.2. The van der Waals surface area contributed by atoms with Crippen LogP contribution in [0.5, 0.6) is 0 Å². The predicted molar refractivity (Wildman–Crippen MR) is 85.8 cm³/mol. The van der Waals surface area contributed by atoms with Crippen molar-refractivity contribution in [3.8, 4) is 0 Å². The van der Waals surface area contributed by atoms with E-state index in [1.165, 1.54) is 25.7 Å². The molecule has 1 aliphatic carbocycles. The van der Waals surface area contributed by atoms with Crippen molar-refractivity contribution in [2.24, 2.45) is 11.3 Å². The van der Waals surface area contributed by atoms with Gasteiger partial charge in [0.1, 0.15) is 0 Å². The summed E-state index contributed by atoms with van der Waals surface area (Å²) in [6.07, 6.45) is 6.87. The van der Waals surface area contributed by atoms with Crippen molar-refractivity contribution in [3.63, 3.8) is 0 Å². The summed E-state index contributed by atoms with van der Waals surface area (Å²) in [4.78, 5) is 4.19. The number of pyridine rings is 1. The Morgan fingerprint density at radius 1 is 1.32 bits per heavy atom. The van der Waals surface area contributed by atoms with E-state index in [0.717, 1.165) is 10.2 Å². The molecule has 0 aromatic carbocycles. The molecule has 0 amide bonds. The Bertz CT molecular complexity index is 442. The van der Waals surface area contributed by atoms with E-state index in [9.17, 15) is 0 Å². The fraction of sp³-hybridized carbons (Fsp3) is 0.667. The van der Waals surface area contributed by atoms with Gasteiger partial charge in [-0.3, -0.25) is 0 Å². The smallest absolute Gasteiger partial charge is 0.152 e. The zero-order valence-electron chi connectivity index (χ0n) is 11.8. The van der Waals surface area contributed by atoms with Gasteiger partial charge in [0, 0.05) is 16.7 Å². The third-order valence-electron chi connectivity index (χ3n) is 4.02. The Morgan fingerprint density at radius 2 is 2.00 bits per heavy atom. The van der Waals surface area contributed by atoms with E-state index < -0.39 is 0 Å². The quantitative estimate of drug-likeness (QED) is 0.714. The molecule has 2 unspecified atom stereocenters. The van der Waals surface area contributed by atoms with Crippen LogP contribution in [-0.2, 0) is 0 Å². The molecule has 1 heterocycles. The molecule has 0 bridgehead atoms. The molecule has 0 saturated heterocycles. The maximum atomic E-state index is 6.18. The maximum absolute atomic E-state index is 6.18. The Hall–Kier alpha value is -0.280. The molecule has 0 radical (unpaired) electrons. The minimum atomic E-state index is 0.323. The van der Waals surface area contributed by atoms with Crippen LogP contribution < -0.4 is 5.32 Å². The number of nitrogens with zero attached hydrogens (tertiary/aromatic N) is 1. The average molecular weight is 346 g/mol. The highest BCUT2D eigenvalue weighted by Gasteiger charge is 2.34. The van der Waals surface area contributed by atoms with Gasteiger partial charge in [-0.15, -0.1) is 0 Å². The van der Waals surface area contributed by atoms with Crippen LogP contribution in [-0.4, -0.2) is 11.0 Å². The molecule has 1 saturated carbocycles. The van der Waals surface area contributed by atoms with E-state index in [-0.39, 0.29) is 0 Å². The molecule has 0 aliphatic heterocycles. The Labute approximate surface area is 129 Å². The summed E-state index contributed by atoms with van der Waals surface area (Å²) in [5.41, 5.74) is 1.27. The SMILES string of the molecule is CC(C)(C)C1CCCCC1Nc1cc(Br)cnc1Cl. The van der Waals surface area contributed by atoms with Crippen molar-refractivity contribution in [1.29, 1.82) is 0 Å². The van der Waals surface area contributed by atoms with Crippen LogP contribution in [0.1, 0.15) is 46.5 Å². The van der Waals surface area contributed by atoms with Gasteiger partial charge in [0.15, 0.2) is 5.15 Å². The summed E-state index contributed by atoms with van der Waals surface area (Å²) in [5.74, 6) is 0.677. The van der Waals surface area contributed by atoms with Crippen molar-refractivity contribution in [2.75, 3.05) is 5.32 Å². The first-order chi connectivity index (χ1) is 8.88. The van der Waals surface area contributed by atoms with Gasteiger partial charge in [0.25, 0.3) is 0 Å². The molecule has 2 atom stereocenters. The summed E-state index contributed by atoms with van der Waals surface area (Å²) >= 11 is 9.64. The minimum absolute atomic E-state index is 0.323. The number of hydrogen-bond donors (Lipinski definition) is 1. The van der Waals surface area contributed by atoms with Crippen LogP contribution in [0.4, 0.5) is 5.69 Å². The van der Waals surface area contributed by atoms with Crippen molar-refractivity contribution < 1.29 is 0 Å². The highest BCUT2D eigenvalue weighted by atomic mass is 79.9. The molecule has 1 aliphatic rings. The number of halogens is 2. The molecular weight excluding hydrogens is 324 g/mol. The van der Waals surface area contributed by atoms with Gasteiger partial charge in [-0.25, -0.2) is 4.98 Å². The van der Waals surface area contributed by atoms with Crippen molar-refractivity contribution in [3.05, 3.63) is 21.9 Å². The highest BCUT2D eigenvalue weighted by molar-refractivity contribution is 9.10. The van der Waals surface area contributed by atoms with Crippen LogP contribution in [0.3, 0.4) is 0 Å². The standard InChI is InChI=1S/C15H22BrClN2/c1-15(2,3)11-6-4-5-7-12(11)19-13-8-10(16)9-18-14(13)17/h8-9,11-12,19H,4-7H2,1-3H3. The van der Waals surface area contributed by atoms with Crippen LogP contribution in [0.2, 0.25) is 5.15 Å². The van der Waals surface area contributed by atoms with Crippen LogP contribution in [0.15, 0.2) is 16.7 Å². The lowest BCUT2D eigenvalue weighted by Gasteiger charge is -2.41. The minimum Gasteiger partial charge on any atom is -0.379 e. The summed E-state index contributed by atoms with van der Waals surface area (Å²) in [7, 11) is 0. The fourth-order valence-electron chi connectivity index (χ4n) is 3.06. The van der Waals surface area contributed by atoms with Gasteiger partial charge < -0.3 is 5.32 Å². The topological polar surface area (TPSA) is 24.9 Å². The lowest BCUT2D eigenvalue weighted by molar-refractivity contribution is 0.163. The summed E-state index contributed by atoms with van der Waals surface area (Å²) in [6.45, 7) is 7.00. The molecule has 2 nitrogen and oxygen atoms in total. The van der Waals surface area contributed by atoms with Gasteiger partial charge in [-0.1, -0.05) is 45.2 Å². The van der Waals surface area contributed by atoms with Crippen LogP contribution in [0, 0.1) is 11.3 Å². The van der Waals surface area contributed by atoms with Crippen LogP contribution in [0.25, 0.3) is 0 Å². The maximum Gasteiger partial charge on any atom is 0.152 e. The Kier molecular flexibility index (Phi) is 4.78. The molecule has 19 heavy (non-hydrogen) atoms. The molecule has 1 fully saturated rings. The third-order valence-corrected chi connectivity index (χ3v) is 4.76. The molecule has 1 aromatic rings. The van der Waals surface area contributed by atoms with Gasteiger partial charge in [0.2, 0.25) is 0 Å². The molecule has 1 N–H and O–H groups in total. The van der Waals surface area contributed by atoms with Crippen LogP contribution >= 0.6 is 27.5 Å². The highest BCUT2D eigenvalue weighted by Crippen LogP contribution is 2.40. The Morgan fingerprint density at radius 3 is 2.68 bits per heavy atom. The molecule has 1 aromatic heterocycles. The van der Waals surface area contributed by atoms with Crippen molar-refractivity contribution in [1.82, 2.24) is 4.98 Å². The summed E-state index contributed by atoms with van der Waals surface area (Å²) < 4.78 is 0.961. The zero-order chi connectivity index (χ0) is 14.0. The van der Waals surface area contributed by atoms with Gasteiger partial charge in [-0.2, -0.15) is 0 Å². The molecule has 0 spiro atoms. The number of nitrogens with one attached hydrogen (secondary N) is 1. The number of anilines is 1. The average Bonchev–Trinajstić information content (AvgIpc) is 2.33. The van der Waals surface area contributed by atoms with Crippen molar-refractivity contribution in [2.45, 2.75) is 52.5 Å². The first-order valence-electron chi connectivity index (χ1n) is 6.95. The first-order valence-corrected chi connectivity index (χ1v) is 8.12. The van der Waals surface area contributed by atoms with E-state index in [2.05, 4.69) is 47.0 Å². The van der Waals surface area contributed by atoms with Crippen molar-refractivity contribution >= 4 is 33.2 Å². The molecule has 4 heteroatoms. The lowest BCUT2D eigenvalue weighted by Crippen LogP contribution is -2.39. The molecule has 106 valence electrons. The lowest BCUT2D eigenvalue weighted by atomic mass is 9.69. The van der Waals surface area contributed by atoms with E-state index in [4.69, 9.17) is 11.6 Å². The first kappa shape index (κ1) is 15.1.